The molecule has 0 spiro atoms. The number of nitrogens with zero attached hydrogens (tertiary/aromatic N) is 2. The van der Waals surface area contributed by atoms with Crippen LogP contribution < -0.4 is 0 Å². The van der Waals surface area contributed by atoms with Crippen molar-refractivity contribution in [1.29, 1.82) is 5.26 Å². The average molecular weight is 340 g/mol. The number of nitro benzene ring substituents is 1. The van der Waals surface area contributed by atoms with E-state index in [1.54, 1.807) is 37.3 Å². The van der Waals surface area contributed by atoms with Gasteiger partial charge < -0.3 is 9.15 Å². The number of benzene rings is 1. The van der Waals surface area contributed by atoms with Crippen LogP contribution in [0.25, 0.3) is 17.4 Å². The van der Waals surface area contributed by atoms with Crippen LogP contribution in [0, 0.1) is 21.4 Å². The summed E-state index contributed by atoms with van der Waals surface area (Å²) < 4.78 is 10.7. The van der Waals surface area contributed by atoms with Crippen LogP contribution in [0.4, 0.5) is 5.69 Å². The van der Waals surface area contributed by atoms with E-state index in [0.29, 0.717) is 23.5 Å². The highest BCUT2D eigenvalue weighted by molar-refractivity contribution is 5.97. The maximum absolute atomic E-state index is 11.9. The largest absolute Gasteiger partial charge is 0.459 e. The summed E-state index contributed by atoms with van der Waals surface area (Å²) in [7, 11) is 0. The van der Waals surface area contributed by atoms with E-state index in [-0.39, 0.29) is 17.4 Å². The van der Waals surface area contributed by atoms with Gasteiger partial charge in [0.15, 0.2) is 0 Å². The monoisotopic (exact) mass is 340 g/mol. The van der Waals surface area contributed by atoms with Crippen LogP contribution in [-0.2, 0) is 9.53 Å². The summed E-state index contributed by atoms with van der Waals surface area (Å²) in [6.45, 7) is 3.61. The van der Waals surface area contributed by atoms with Gasteiger partial charge in [0.2, 0.25) is 0 Å². The fraction of sp³-hybridized carbons (Fsp3) is 0.222. The number of esters is 1. The lowest BCUT2D eigenvalue weighted by atomic mass is 10.1. The minimum absolute atomic E-state index is 0.0185. The second-order valence-electron chi connectivity index (χ2n) is 5.30. The molecule has 2 aromatic rings. The van der Waals surface area contributed by atoms with Crippen molar-refractivity contribution in [2.75, 3.05) is 0 Å². The molecule has 0 aliphatic carbocycles. The van der Waals surface area contributed by atoms with E-state index in [2.05, 4.69) is 0 Å². The Morgan fingerprint density at radius 2 is 2.04 bits per heavy atom. The van der Waals surface area contributed by atoms with Crippen LogP contribution in [0.3, 0.4) is 0 Å². The van der Waals surface area contributed by atoms with Gasteiger partial charge in [-0.15, -0.1) is 0 Å². The zero-order chi connectivity index (χ0) is 18.4. The summed E-state index contributed by atoms with van der Waals surface area (Å²) in [5, 5.41) is 19.8. The molecule has 2 rings (SSSR count). The lowest BCUT2D eigenvalue weighted by molar-refractivity contribution is -0.384. The molecule has 0 fully saturated rings. The molecule has 0 unspecified atom stereocenters. The standard InChI is InChI=1S/C18H16N2O5/c1-3-12(2)24-18(21)14(11-19)10-16-8-9-17(25-16)13-4-6-15(7-5-13)20(22)23/h4-10,12H,3H2,1-2H3/b14-10+/t12-/m0/s1. The van der Waals surface area contributed by atoms with E-state index in [9.17, 15) is 14.9 Å². The van der Waals surface area contributed by atoms with Crippen LogP contribution in [0.5, 0.6) is 0 Å². The predicted octanol–water partition coefficient (Wildman–Crippen LogP) is 4.10. The van der Waals surface area contributed by atoms with Crippen LogP contribution in [0.15, 0.2) is 46.4 Å². The van der Waals surface area contributed by atoms with Gasteiger partial charge in [-0.2, -0.15) is 5.26 Å². The lowest BCUT2D eigenvalue weighted by Crippen LogP contribution is -2.15. The van der Waals surface area contributed by atoms with Crippen molar-refractivity contribution < 1.29 is 18.9 Å². The summed E-state index contributed by atoms with van der Waals surface area (Å²) in [6.07, 6.45) is 1.67. The summed E-state index contributed by atoms with van der Waals surface area (Å²) >= 11 is 0. The number of carbonyl (C=O) groups is 1. The molecule has 7 heteroatoms. The summed E-state index contributed by atoms with van der Waals surface area (Å²) in [6, 6.07) is 10.9. The fourth-order valence-corrected chi connectivity index (χ4v) is 1.94. The van der Waals surface area contributed by atoms with Gasteiger partial charge in [-0.1, -0.05) is 6.92 Å². The number of hydrogen-bond donors (Lipinski definition) is 0. The molecule has 0 aliphatic heterocycles. The molecule has 7 nitrogen and oxygen atoms in total. The normalized spacial score (nSPS) is 12.3. The third-order valence-corrected chi connectivity index (χ3v) is 3.50. The minimum atomic E-state index is -0.704. The van der Waals surface area contributed by atoms with Crippen LogP contribution in [0.2, 0.25) is 0 Å². The Morgan fingerprint density at radius 3 is 2.60 bits per heavy atom. The summed E-state index contributed by atoms with van der Waals surface area (Å²) in [4.78, 5) is 22.1. The number of non-ortho nitro benzene ring substituents is 1. The van der Waals surface area contributed by atoms with Crippen molar-refractivity contribution in [2.24, 2.45) is 0 Å². The zero-order valence-electron chi connectivity index (χ0n) is 13.8. The van der Waals surface area contributed by atoms with Gasteiger partial charge in [0, 0.05) is 23.8 Å². The second-order valence-corrected chi connectivity index (χ2v) is 5.30. The Labute approximate surface area is 144 Å². The molecular weight excluding hydrogens is 324 g/mol. The molecule has 0 saturated carbocycles. The molecule has 0 N–H and O–H groups in total. The van der Waals surface area contributed by atoms with Crippen molar-refractivity contribution in [1.82, 2.24) is 0 Å². The van der Waals surface area contributed by atoms with Gasteiger partial charge >= 0.3 is 5.97 Å². The van der Waals surface area contributed by atoms with Crippen LogP contribution >= 0.6 is 0 Å². The SMILES string of the molecule is CC[C@H](C)OC(=O)/C(C#N)=C/c1ccc(-c2ccc([N+](=O)[O-])cc2)o1. The highest BCUT2D eigenvalue weighted by atomic mass is 16.6. The minimum Gasteiger partial charge on any atom is -0.459 e. The van der Waals surface area contributed by atoms with Crippen molar-refractivity contribution in [3.63, 3.8) is 0 Å². The van der Waals surface area contributed by atoms with Crippen molar-refractivity contribution in [3.05, 3.63) is 57.8 Å². The summed E-state index contributed by atoms with van der Waals surface area (Å²) in [5.41, 5.74) is 0.464. The third kappa shape index (κ3) is 4.54. The molecule has 1 heterocycles. The molecule has 0 amide bonds. The van der Waals surface area contributed by atoms with E-state index in [1.165, 1.54) is 18.2 Å². The zero-order valence-corrected chi connectivity index (χ0v) is 13.8. The van der Waals surface area contributed by atoms with Gasteiger partial charge in [0.25, 0.3) is 5.69 Å². The topological polar surface area (TPSA) is 106 Å². The lowest BCUT2D eigenvalue weighted by Gasteiger charge is -2.09. The molecule has 0 saturated heterocycles. The highest BCUT2D eigenvalue weighted by Gasteiger charge is 2.15. The quantitative estimate of drug-likeness (QED) is 0.257. The number of furan rings is 1. The van der Waals surface area contributed by atoms with E-state index < -0.39 is 10.9 Å². The number of carbonyl (C=O) groups excluding carboxylic acids is 1. The Kier molecular flexibility index (Phi) is 5.69. The van der Waals surface area contributed by atoms with Gasteiger partial charge in [0.05, 0.1) is 11.0 Å². The molecule has 0 bridgehead atoms. The van der Waals surface area contributed by atoms with Crippen molar-refractivity contribution >= 4 is 17.7 Å². The van der Waals surface area contributed by atoms with Crippen LogP contribution in [-0.4, -0.2) is 17.0 Å². The number of nitro groups is 1. The van der Waals surface area contributed by atoms with E-state index >= 15 is 0 Å². The van der Waals surface area contributed by atoms with Crippen molar-refractivity contribution in [2.45, 2.75) is 26.4 Å². The Hall–Kier alpha value is -3.40. The molecule has 128 valence electrons. The van der Waals surface area contributed by atoms with E-state index in [4.69, 9.17) is 14.4 Å². The molecule has 1 aromatic carbocycles. The van der Waals surface area contributed by atoms with Gasteiger partial charge in [-0.05, 0) is 37.6 Å². The number of ether oxygens (including phenoxy) is 1. The smallest absolute Gasteiger partial charge is 0.349 e. The van der Waals surface area contributed by atoms with Gasteiger partial charge in [0.1, 0.15) is 23.2 Å². The molecule has 0 aliphatic rings. The second kappa shape index (κ2) is 7.93. The van der Waals surface area contributed by atoms with E-state index in [1.807, 2.05) is 6.92 Å². The first-order valence-electron chi connectivity index (χ1n) is 7.62. The molecule has 1 atom stereocenters. The number of hydrogen-bond acceptors (Lipinski definition) is 6. The molecular formula is C18H16N2O5. The molecule has 1 aromatic heterocycles. The first-order valence-corrected chi connectivity index (χ1v) is 7.62. The Bertz CT molecular complexity index is 843. The number of rotatable bonds is 6. The fourth-order valence-electron chi connectivity index (χ4n) is 1.94. The summed E-state index contributed by atoms with van der Waals surface area (Å²) in [5.74, 6) is 0.0740. The van der Waals surface area contributed by atoms with Gasteiger partial charge in [-0.3, -0.25) is 10.1 Å². The van der Waals surface area contributed by atoms with Crippen molar-refractivity contribution in [3.8, 4) is 17.4 Å². The third-order valence-electron chi connectivity index (χ3n) is 3.50. The maximum atomic E-state index is 11.9. The highest BCUT2D eigenvalue weighted by Crippen LogP contribution is 2.25. The van der Waals surface area contributed by atoms with E-state index in [0.717, 1.165) is 0 Å². The molecule has 25 heavy (non-hydrogen) atoms. The average Bonchev–Trinajstić information content (AvgIpc) is 3.08. The maximum Gasteiger partial charge on any atom is 0.349 e. The van der Waals surface area contributed by atoms with Crippen LogP contribution in [0.1, 0.15) is 26.0 Å². The first kappa shape index (κ1) is 17.9. The number of nitriles is 1. The van der Waals surface area contributed by atoms with Gasteiger partial charge in [-0.25, -0.2) is 4.79 Å². The predicted molar refractivity (Wildman–Crippen MR) is 90.2 cm³/mol. The first-order chi connectivity index (χ1) is 11.9. The molecule has 0 radical (unpaired) electrons. The Balaban J connectivity index is 2.20. The Morgan fingerprint density at radius 1 is 1.36 bits per heavy atom.